The number of hydrogen-bond acceptors (Lipinski definition) is 6. The number of carbonyl (C=O) groups excluding carboxylic acids is 1. The van der Waals surface area contributed by atoms with E-state index in [9.17, 15) is 4.79 Å². The lowest BCUT2D eigenvalue weighted by atomic mass is 9.94. The van der Waals surface area contributed by atoms with Gasteiger partial charge in [0.2, 0.25) is 5.91 Å². The van der Waals surface area contributed by atoms with Crippen molar-refractivity contribution in [3.05, 3.63) is 85.1 Å². The van der Waals surface area contributed by atoms with Crippen LogP contribution in [-0.2, 0) is 4.79 Å². The van der Waals surface area contributed by atoms with Crippen molar-refractivity contribution in [2.75, 3.05) is 32.0 Å². The SMILES string of the molecule is C=CNc1c(C(C)=N)c(-c2ccc(Oc3ccccc3)cc2)nn1C1CCN(C(=O)C=CCN(C)C2CCCCC2)C1. The van der Waals surface area contributed by atoms with Gasteiger partial charge in [0.05, 0.1) is 11.6 Å². The summed E-state index contributed by atoms with van der Waals surface area (Å²) in [6.45, 7) is 7.66. The Balaban J connectivity index is 1.30. The zero-order valence-corrected chi connectivity index (χ0v) is 24.8. The molecular formula is C34H42N6O2. The van der Waals surface area contributed by atoms with Crippen LogP contribution in [0, 0.1) is 5.41 Å². The number of likely N-dealkylation sites (tertiary alicyclic amines) is 1. The van der Waals surface area contributed by atoms with E-state index in [0.717, 1.165) is 41.4 Å². The average Bonchev–Trinajstić information content (AvgIpc) is 3.64. The number of nitrogens with zero attached hydrogens (tertiary/aromatic N) is 4. The summed E-state index contributed by atoms with van der Waals surface area (Å²) < 4.78 is 7.90. The van der Waals surface area contributed by atoms with E-state index in [4.69, 9.17) is 15.2 Å². The molecule has 1 amide bonds. The Labute approximate surface area is 249 Å². The Morgan fingerprint density at radius 1 is 1.10 bits per heavy atom. The molecule has 0 bridgehead atoms. The number of likely N-dealkylation sites (N-methyl/N-ethyl adjacent to an activating group) is 1. The first-order chi connectivity index (χ1) is 20.4. The summed E-state index contributed by atoms with van der Waals surface area (Å²) in [5.74, 6) is 2.26. The third-order valence-corrected chi connectivity index (χ3v) is 8.30. The van der Waals surface area contributed by atoms with Gasteiger partial charge in [-0.3, -0.25) is 9.69 Å². The molecule has 2 heterocycles. The fraction of sp³-hybridized carbons (Fsp3) is 0.382. The van der Waals surface area contributed by atoms with Gasteiger partial charge in [0.1, 0.15) is 23.0 Å². The largest absolute Gasteiger partial charge is 0.457 e. The lowest BCUT2D eigenvalue weighted by Crippen LogP contribution is -2.33. The maximum absolute atomic E-state index is 13.1. The summed E-state index contributed by atoms with van der Waals surface area (Å²) in [7, 11) is 2.16. The second kappa shape index (κ2) is 13.7. The van der Waals surface area contributed by atoms with E-state index in [0.29, 0.717) is 30.5 Å². The second-order valence-electron chi connectivity index (χ2n) is 11.3. The molecule has 1 aromatic heterocycles. The molecular weight excluding hydrogens is 524 g/mol. The average molecular weight is 567 g/mol. The number of carbonyl (C=O) groups is 1. The molecule has 2 N–H and O–H groups in total. The van der Waals surface area contributed by atoms with Crippen molar-refractivity contribution in [2.45, 2.75) is 57.5 Å². The zero-order valence-electron chi connectivity index (χ0n) is 24.8. The molecule has 42 heavy (non-hydrogen) atoms. The van der Waals surface area contributed by atoms with Gasteiger partial charge in [-0.1, -0.05) is 50.1 Å². The summed E-state index contributed by atoms with van der Waals surface area (Å²) in [4.78, 5) is 17.3. The fourth-order valence-corrected chi connectivity index (χ4v) is 6.03. The van der Waals surface area contributed by atoms with Crippen LogP contribution in [0.4, 0.5) is 5.82 Å². The van der Waals surface area contributed by atoms with Crippen LogP contribution >= 0.6 is 0 Å². The second-order valence-corrected chi connectivity index (χ2v) is 11.3. The van der Waals surface area contributed by atoms with Gasteiger partial charge in [-0.05, 0) is 75.8 Å². The van der Waals surface area contributed by atoms with E-state index in [1.54, 1.807) is 19.2 Å². The van der Waals surface area contributed by atoms with Crippen LogP contribution in [-0.4, -0.2) is 63.9 Å². The number of amides is 1. The van der Waals surface area contributed by atoms with E-state index in [2.05, 4.69) is 23.8 Å². The molecule has 0 radical (unpaired) electrons. The minimum Gasteiger partial charge on any atom is -0.457 e. The Kier molecular flexibility index (Phi) is 9.54. The smallest absolute Gasteiger partial charge is 0.246 e. The van der Waals surface area contributed by atoms with Crippen molar-refractivity contribution in [3.63, 3.8) is 0 Å². The summed E-state index contributed by atoms with van der Waals surface area (Å²) in [5.41, 5.74) is 2.73. The van der Waals surface area contributed by atoms with Crippen LogP contribution in [0.15, 0.2) is 79.5 Å². The lowest BCUT2D eigenvalue weighted by Gasteiger charge is -2.30. The minimum absolute atomic E-state index is 0.0118. The molecule has 0 spiro atoms. The van der Waals surface area contributed by atoms with Gasteiger partial charge in [0, 0.05) is 43.0 Å². The van der Waals surface area contributed by atoms with Crippen LogP contribution in [0.1, 0.15) is 57.1 Å². The van der Waals surface area contributed by atoms with Crippen molar-refractivity contribution in [1.82, 2.24) is 19.6 Å². The minimum atomic E-state index is -0.0118. The van der Waals surface area contributed by atoms with Gasteiger partial charge in [0.25, 0.3) is 0 Å². The van der Waals surface area contributed by atoms with Crippen molar-refractivity contribution in [3.8, 4) is 22.8 Å². The maximum atomic E-state index is 13.1. The highest BCUT2D eigenvalue weighted by atomic mass is 16.5. The van der Waals surface area contributed by atoms with Crippen LogP contribution in [0.25, 0.3) is 11.3 Å². The number of nitrogens with one attached hydrogen (secondary N) is 2. The number of anilines is 1. The highest BCUT2D eigenvalue weighted by Gasteiger charge is 2.31. The Morgan fingerprint density at radius 3 is 2.50 bits per heavy atom. The molecule has 8 nitrogen and oxygen atoms in total. The number of benzene rings is 2. The summed E-state index contributed by atoms with van der Waals surface area (Å²) in [6.07, 6.45) is 12.6. The molecule has 1 atom stereocenters. The van der Waals surface area contributed by atoms with Gasteiger partial charge in [-0.2, -0.15) is 5.10 Å². The molecule has 2 fully saturated rings. The van der Waals surface area contributed by atoms with Gasteiger partial charge in [0.15, 0.2) is 0 Å². The Hall–Kier alpha value is -4.17. The van der Waals surface area contributed by atoms with Crippen molar-refractivity contribution in [1.29, 1.82) is 5.41 Å². The van der Waals surface area contributed by atoms with Gasteiger partial charge < -0.3 is 20.4 Å². The quantitative estimate of drug-likeness (QED) is 0.195. The first kappa shape index (κ1) is 29.3. The van der Waals surface area contributed by atoms with Gasteiger partial charge in [-0.15, -0.1) is 0 Å². The summed E-state index contributed by atoms with van der Waals surface area (Å²) in [6, 6.07) is 18.0. The molecule has 1 saturated heterocycles. The Bertz CT molecular complexity index is 1410. The molecule has 2 aliphatic rings. The monoisotopic (exact) mass is 566 g/mol. The third kappa shape index (κ3) is 6.82. The fourth-order valence-electron chi connectivity index (χ4n) is 6.03. The first-order valence-corrected chi connectivity index (χ1v) is 15.0. The van der Waals surface area contributed by atoms with Gasteiger partial charge in [-0.25, -0.2) is 4.68 Å². The van der Waals surface area contributed by atoms with E-state index >= 15 is 0 Å². The van der Waals surface area contributed by atoms with Crippen molar-refractivity contribution in [2.24, 2.45) is 0 Å². The third-order valence-electron chi connectivity index (χ3n) is 8.30. The van der Waals surface area contributed by atoms with Crippen molar-refractivity contribution < 1.29 is 9.53 Å². The molecule has 8 heteroatoms. The number of aromatic nitrogens is 2. The molecule has 1 aliphatic heterocycles. The molecule has 220 valence electrons. The topological polar surface area (TPSA) is 86.5 Å². The van der Waals surface area contributed by atoms with Crippen LogP contribution in [0.5, 0.6) is 11.5 Å². The summed E-state index contributed by atoms with van der Waals surface area (Å²) >= 11 is 0. The van der Waals surface area contributed by atoms with E-state index < -0.39 is 0 Å². The number of rotatable bonds is 11. The van der Waals surface area contributed by atoms with Crippen molar-refractivity contribution >= 4 is 17.4 Å². The molecule has 1 saturated carbocycles. The summed E-state index contributed by atoms with van der Waals surface area (Å²) in [5, 5.41) is 16.8. The molecule has 5 rings (SSSR count). The number of ether oxygens (including phenoxy) is 1. The van der Waals surface area contributed by atoms with Gasteiger partial charge >= 0.3 is 0 Å². The highest BCUT2D eigenvalue weighted by Crippen LogP contribution is 2.35. The molecule has 2 aromatic carbocycles. The van der Waals surface area contributed by atoms with E-state index in [1.807, 2.05) is 70.3 Å². The number of hydrogen-bond donors (Lipinski definition) is 2. The standard InChI is InChI=1S/C34H42N6O2/c1-4-36-34-32(25(2)35)33(26-17-19-30(20-18-26)42-29-14-9-6-10-15-29)37-40(34)28-21-23-39(24-28)31(41)16-11-22-38(3)27-12-7-5-8-13-27/h4,6,9-11,14-20,27-28,35-36H,1,5,7-8,12-13,21-24H2,2-3H3. The highest BCUT2D eigenvalue weighted by molar-refractivity contribution is 6.06. The van der Waals surface area contributed by atoms with Crippen LogP contribution in [0.3, 0.4) is 0 Å². The van der Waals surface area contributed by atoms with Crippen LogP contribution < -0.4 is 10.1 Å². The first-order valence-electron chi connectivity index (χ1n) is 15.0. The zero-order chi connectivity index (χ0) is 29.5. The Morgan fingerprint density at radius 2 is 1.81 bits per heavy atom. The molecule has 1 unspecified atom stereocenters. The predicted octanol–water partition coefficient (Wildman–Crippen LogP) is 6.88. The lowest BCUT2D eigenvalue weighted by molar-refractivity contribution is -0.125. The van der Waals surface area contributed by atoms with Crippen LogP contribution in [0.2, 0.25) is 0 Å². The normalized spacial score (nSPS) is 17.6. The molecule has 1 aliphatic carbocycles. The van der Waals surface area contributed by atoms with E-state index in [-0.39, 0.29) is 11.9 Å². The van der Waals surface area contributed by atoms with E-state index in [1.165, 1.54) is 32.1 Å². The molecule has 3 aromatic rings. The predicted molar refractivity (Wildman–Crippen MR) is 169 cm³/mol. The number of para-hydroxylation sites is 1. The maximum Gasteiger partial charge on any atom is 0.246 e.